The second kappa shape index (κ2) is 6.06. The maximum absolute atomic E-state index is 12.3. The summed E-state index contributed by atoms with van der Waals surface area (Å²) < 4.78 is 0. The number of hydrogen-bond donors (Lipinski definition) is 3. The lowest BCUT2D eigenvalue weighted by molar-refractivity contribution is 0.0897. The number of rotatable bonds is 4. The number of carbonyl (C=O) groups excluding carboxylic acids is 1. The Kier molecular flexibility index (Phi) is 4.43. The minimum atomic E-state index is -0.202. The van der Waals surface area contributed by atoms with Crippen LogP contribution in [0.4, 0.5) is 5.69 Å². The van der Waals surface area contributed by atoms with Crippen LogP contribution in [0, 0.1) is 5.92 Å². The Morgan fingerprint density at radius 2 is 2.26 bits per heavy atom. The molecule has 0 saturated heterocycles. The zero-order valence-electron chi connectivity index (χ0n) is 11.6. The van der Waals surface area contributed by atoms with Crippen LogP contribution in [-0.2, 0) is 6.42 Å². The van der Waals surface area contributed by atoms with Gasteiger partial charge in [-0.1, -0.05) is 26.0 Å². The van der Waals surface area contributed by atoms with Gasteiger partial charge < -0.3 is 15.7 Å². The molecule has 1 aliphatic rings. The lowest BCUT2D eigenvalue weighted by Gasteiger charge is -2.23. The van der Waals surface area contributed by atoms with E-state index in [1.165, 1.54) is 5.56 Å². The number of fused-ring (bicyclic) bond motifs is 1. The standard InChI is InChI=1S/C15H22N2O2/c1-10(2)13(9-18)17-15(19)12-7-3-5-11-6-4-8-16-14(11)12/h3,5,7,10,13,16,18H,4,6,8-9H2,1-2H3,(H,17,19)/t13-/m1/s1. The summed E-state index contributed by atoms with van der Waals surface area (Å²) >= 11 is 0. The van der Waals surface area contributed by atoms with Crippen molar-refractivity contribution in [3.63, 3.8) is 0 Å². The molecule has 1 amide bonds. The Morgan fingerprint density at radius 1 is 1.47 bits per heavy atom. The predicted molar refractivity (Wildman–Crippen MR) is 76.4 cm³/mol. The van der Waals surface area contributed by atoms with Crippen molar-refractivity contribution >= 4 is 11.6 Å². The monoisotopic (exact) mass is 262 g/mol. The molecule has 0 radical (unpaired) electrons. The van der Waals surface area contributed by atoms with Crippen molar-refractivity contribution < 1.29 is 9.90 Å². The van der Waals surface area contributed by atoms with E-state index in [-0.39, 0.29) is 24.5 Å². The van der Waals surface area contributed by atoms with Gasteiger partial charge in [0.25, 0.3) is 5.91 Å². The Morgan fingerprint density at radius 3 is 2.95 bits per heavy atom. The number of anilines is 1. The van der Waals surface area contributed by atoms with E-state index in [0.717, 1.165) is 25.1 Å². The van der Waals surface area contributed by atoms with E-state index < -0.39 is 0 Å². The molecule has 0 aromatic heterocycles. The minimum Gasteiger partial charge on any atom is -0.394 e. The van der Waals surface area contributed by atoms with Gasteiger partial charge in [-0.05, 0) is 30.4 Å². The molecule has 1 aliphatic heterocycles. The van der Waals surface area contributed by atoms with Gasteiger partial charge in [0.05, 0.1) is 23.9 Å². The third-order valence-corrected chi connectivity index (χ3v) is 3.64. The lowest BCUT2D eigenvalue weighted by Crippen LogP contribution is -2.41. The zero-order valence-corrected chi connectivity index (χ0v) is 11.6. The van der Waals surface area contributed by atoms with Crippen LogP contribution in [0.25, 0.3) is 0 Å². The van der Waals surface area contributed by atoms with Crippen LogP contribution >= 0.6 is 0 Å². The first kappa shape index (κ1) is 13.9. The van der Waals surface area contributed by atoms with E-state index in [0.29, 0.717) is 5.56 Å². The van der Waals surface area contributed by atoms with Gasteiger partial charge in [-0.15, -0.1) is 0 Å². The van der Waals surface area contributed by atoms with E-state index in [2.05, 4.69) is 16.7 Å². The number of carbonyl (C=O) groups is 1. The molecule has 19 heavy (non-hydrogen) atoms. The van der Waals surface area contributed by atoms with Gasteiger partial charge in [0.15, 0.2) is 0 Å². The van der Waals surface area contributed by atoms with Crippen LogP contribution in [0.3, 0.4) is 0 Å². The quantitative estimate of drug-likeness (QED) is 0.775. The molecule has 0 aliphatic carbocycles. The molecule has 1 aromatic carbocycles. The number of aliphatic hydroxyl groups excluding tert-OH is 1. The SMILES string of the molecule is CC(C)[C@@H](CO)NC(=O)c1cccc2c1NCCC2. The average molecular weight is 262 g/mol. The fourth-order valence-electron chi connectivity index (χ4n) is 2.37. The summed E-state index contributed by atoms with van der Waals surface area (Å²) in [4.78, 5) is 12.3. The normalized spacial score (nSPS) is 15.6. The second-order valence-corrected chi connectivity index (χ2v) is 5.38. The summed E-state index contributed by atoms with van der Waals surface area (Å²) in [5, 5.41) is 15.5. The number of aryl methyl sites for hydroxylation is 1. The fourth-order valence-corrected chi connectivity index (χ4v) is 2.37. The maximum atomic E-state index is 12.3. The van der Waals surface area contributed by atoms with Crippen molar-refractivity contribution in [3.8, 4) is 0 Å². The van der Waals surface area contributed by atoms with Crippen molar-refractivity contribution in [2.45, 2.75) is 32.7 Å². The van der Waals surface area contributed by atoms with E-state index in [1.807, 2.05) is 26.0 Å². The molecule has 0 unspecified atom stereocenters. The van der Waals surface area contributed by atoms with Crippen LogP contribution in [0.1, 0.15) is 36.2 Å². The highest BCUT2D eigenvalue weighted by Crippen LogP contribution is 2.26. The van der Waals surface area contributed by atoms with Gasteiger partial charge >= 0.3 is 0 Å². The highest BCUT2D eigenvalue weighted by Gasteiger charge is 2.20. The highest BCUT2D eigenvalue weighted by atomic mass is 16.3. The maximum Gasteiger partial charge on any atom is 0.253 e. The van der Waals surface area contributed by atoms with E-state index in [1.54, 1.807) is 0 Å². The van der Waals surface area contributed by atoms with Gasteiger partial charge in [0, 0.05) is 6.54 Å². The second-order valence-electron chi connectivity index (χ2n) is 5.38. The number of amides is 1. The van der Waals surface area contributed by atoms with Crippen LogP contribution in [0.2, 0.25) is 0 Å². The molecule has 4 nitrogen and oxygen atoms in total. The third kappa shape index (κ3) is 3.07. The van der Waals surface area contributed by atoms with Crippen molar-refractivity contribution in [1.82, 2.24) is 5.32 Å². The first-order valence-electron chi connectivity index (χ1n) is 6.91. The van der Waals surface area contributed by atoms with E-state index in [4.69, 9.17) is 0 Å². The molecule has 3 N–H and O–H groups in total. The van der Waals surface area contributed by atoms with Crippen molar-refractivity contribution in [3.05, 3.63) is 29.3 Å². The van der Waals surface area contributed by atoms with Gasteiger partial charge in [-0.25, -0.2) is 0 Å². The van der Waals surface area contributed by atoms with Crippen LogP contribution in [0.15, 0.2) is 18.2 Å². The molecule has 0 saturated carbocycles. The van der Waals surface area contributed by atoms with Crippen molar-refractivity contribution in [2.75, 3.05) is 18.5 Å². The molecule has 2 rings (SSSR count). The Hall–Kier alpha value is -1.55. The number of aliphatic hydroxyl groups is 1. The first-order chi connectivity index (χ1) is 9.13. The summed E-state index contributed by atoms with van der Waals surface area (Å²) in [6.07, 6.45) is 2.11. The number of benzene rings is 1. The van der Waals surface area contributed by atoms with Crippen molar-refractivity contribution in [1.29, 1.82) is 0 Å². The molecule has 1 atom stereocenters. The predicted octanol–water partition coefficient (Wildman–Crippen LogP) is 1.79. The van der Waals surface area contributed by atoms with Gasteiger partial charge in [-0.3, -0.25) is 4.79 Å². The number of nitrogens with one attached hydrogen (secondary N) is 2. The highest BCUT2D eigenvalue weighted by molar-refractivity contribution is 6.00. The van der Waals surface area contributed by atoms with Crippen molar-refractivity contribution in [2.24, 2.45) is 5.92 Å². The Labute approximate surface area is 114 Å². The molecule has 1 aromatic rings. The molecular formula is C15H22N2O2. The average Bonchev–Trinajstić information content (AvgIpc) is 2.43. The minimum absolute atomic E-state index is 0.0359. The van der Waals surface area contributed by atoms with Crippen LogP contribution < -0.4 is 10.6 Å². The van der Waals surface area contributed by atoms with Gasteiger partial charge in [0.1, 0.15) is 0 Å². The fraction of sp³-hybridized carbons (Fsp3) is 0.533. The summed E-state index contributed by atoms with van der Waals surface area (Å²) in [7, 11) is 0. The van der Waals surface area contributed by atoms with Crippen LogP contribution in [-0.4, -0.2) is 30.2 Å². The largest absolute Gasteiger partial charge is 0.394 e. The smallest absolute Gasteiger partial charge is 0.253 e. The molecule has 104 valence electrons. The number of para-hydroxylation sites is 1. The van der Waals surface area contributed by atoms with E-state index >= 15 is 0 Å². The summed E-state index contributed by atoms with van der Waals surface area (Å²) in [6.45, 7) is 4.84. The summed E-state index contributed by atoms with van der Waals surface area (Å²) in [5.41, 5.74) is 2.83. The lowest BCUT2D eigenvalue weighted by atomic mass is 9.98. The first-order valence-corrected chi connectivity index (χ1v) is 6.91. The summed E-state index contributed by atoms with van der Waals surface area (Å²) in [5.74, 6) is 0.0976. The molecule has 1 heterocycles. The zero-order chi connectivity index (χ0) is 13.8. The van der Waals surface area contributed by atoms with Gasteiger partial charge in [-0.2, -0.15) is 0 Å². The topological polar surface area (TPSA) is 61.4 Å². The van der Waals surface area contributed by atoms with Gasteiger partial charge in [0.2, 0.25) is 0 Å². The molecule has 0 fully saturated rings. The molecule has 4 heteroatoms. The molecule has 0 bridgehead atoms. The number of hydrogen-bond acceptors (Lipinski definition) is 3. The molecular weight excluding hydrogens is 240 g/mol. The molecule has 0 spiro atoms. The van der Waals surface area contributed by atoms with Crippen LogP contribution in [0.5, 0.6) is 0 Å². The Bertz CT molecular complexity index is 457. The summed E-state index contributed by atoms with van der Waals surface area (Å²) in [6, 6.07) is 5.61. The Balaban J connectivity index is 2.19. The third-order valence-electron chi connectivity index (χ3n) is 3.64. The van der Waals surface area contributed by atoms with E-state index in [9.17, 15) is 9.90 Å².